The third-order valence-corrected chi connectivity index (χ3v) is 3.73. The van der Waals surface area contributed by atoms with Gasteiger partial charge in [-0.2, -0.15) is 0 Å². The summed E-state index contributed by atoms with van der Waals surface area (Å²) in [6, 6.07) is 2.58. The number of rotatable bonds is 6. The van der Waals surface area contributed by atoms with E-state index >= 15 is 0 Å². The van der Waals surface area contributed by atoms with Crippen LogP contribution in [0.5, 0.6) is 11.5 Å². The van der Waals surface area contributed by atoms with E-state index in [1.54, 1.807) is 6.07 Å². The molecule has 1 fully saturated rings. The molecule has 5 heteroatoms. The van der Waals surface area contributed by atoms with Gasteiger partial charge in [0.1, 0.15) is 5.82 Å². The molecule has 0 radical (unpaired) electrons. The van der Waals surface area contributed by atoms with E-state index in [2.05, 4.69) is 0 Å². The molecule has 0 amide bonds. The van der Waals surface area contributed by atoms with Crippen molar-refractivity contribution in [1.29, 1.82) is 0 Å². The topological polar surface area (TPSA) is 53.7 Å². The van der Waals surface area contributed by atoms with Crippen LogP contribution in [0.1, 0.15) is 37.3 Å². The van der Waals surface area contributed by atoms with Gasteiger partial charge >= 0.3 is 0 Å². The van der Waals surface area contributed by atoms with Gasteiger partial charge in [-0.05, 0) is 31.7 Å². The predicted molar refractivity (Wildman–Crippen MR) is 74.6 cm³/mol. The molecule has 0 saturated carbocycles. The van der Waals surface area contributed by atoms with Crippen LogP contribution in [0.3, 0.4) is 0 Å². The van der Waals surface area contributed by atoms with Gasteiger partial charge in [-0.15, -0.1) is 0 Å². The standard InChI is InChI=1S/C15H22FNO3/c1-18-14-8-11(12(16)9-15(14)19-2)13(17)6-5-10-4-3-7-20-10/h8-10,13H,3-7,17H2,1-2H3. The number of halogens is 1. The molecule has 1 aliphatic rings. The summed E-state index contributed by atoms with van der Waals surface area (Å²) in [4.78, 5) is 0. The minimum absolute atomic E-state index is 0.268. The number of hydrogen-bond donors (Lipinski definition) is 1. The smallest absolute Gasteiger partial charge is 0.163 e. The Morgan fingerprint density at radius 1 is 1.35 bits per heavy atom. The first kappa shape index (κ1) is 15.1. The first-order chi connectivity index (χ1) is 9.65. The predicted octanol–water partition coefficient (Wildman–Crippen LogP) is 2.80. The first-order valence-corrected chi connectivity index (χ1v) is 6.94. The molecule has 2 atom stereocenters. The van der Waals surface area contributed by atoms with E-state index in [0.29, 0.717) is 23.5 Å². The fourth-order valence-electron chi connectivity index (χ4n) is 2.55. The van der Waals surface area contributed by atoms with Gasteiger partial charge in [0.2, 0.25) is 0 Å². The molecule has 0 aromatic heterocycles. The second-order valence-electron chi connectivity index (χ2n) is 5.05. The Bertz CT molecular complexity index is 447. The lowest BCUT2D eigenvalue weighted by Gasteiger charge is -2.17. The van der Waals surface area contributed by atoms with E-state index in [1.807, 2.05) is 0 Å². The summed E-state index contributed by atoms with van der Waals surface area (Å²) in [5.41, 5.74) is 6.56. The van der Waals surface area contributed by atoms with Gasteiger partial charge in [-0.25, -0.2) is 4.39 Å². The zero-order chi connectivity index (χ0) is 14.5. The maximum absolute atomic E-state index is 14.1. The number of benzene rings is 1. The minimum atomic E-state index is -0.362. The van der Waals surface area contributed by atoms with E-state index in [4.69, 9.17) is 19.9 Å². The van der Waals surface area contributed by atoms with Crippen molar-refractivity contribution in [3.63, 3.8) is 0 Å². The van der Waals surface area contributed by atoms with E-state index in [0.717, 1.165) is 25.9 Å². The molecule has 112 valence electrons. The Morgan fingerprint density at radius 3 is 2.65 bits per heavy atom. The minimum Gasteiger partial charge on any atom is -0.493 e. The average Bonchev–Trinajstić information content (AvgIpc) is 2.97. The highest BCUT2D eigenvalue weighted by Gasteiger charge is 2.20. The van der Waals surface area contributed by atoms with Crippen molar-refractivity contribution >= 4 is 0 Å². The van der Waals surface area contributed by atoms with Crippen molar-refractivity contribution in [3.8, 4) is 11.5 Å². The summed E-state index contributed by atoms with van der Waals surface area (Å²) >= 11 is 0. The highest BCUT2D eigenvalue weighted by molar-refractivity contribution is 5.44. The van der Waals surface area contributed by atoms with Gasteiger partial charge in [0, 0.05) is 24.3 Å². The summed E-state index contributed by atoms with van der Waals surface area (Å²) in [7, 11) is 3.01. The molecule has 2 N–H and O–H groups in total. The van der Waals surface area contributed by atoms with Crippen LogP contribution in [0.25, 0.3) is 0 Å². The van der Waals surface area contributed by atoms with Crippen molar-refractivity contribution in [1.82, 2.24) is 0 Å². The van der Waals surface area contributed by atoms with Gasteiger partial charge in [0.05, 0.1) is 20.3 Å². The fourth-order valence-corrected chi connectivity index (χ4v) is 2.55. The molecule has 20 heavy (non-hydrogen) atoms. The van der Waals surface area contributed by atoms with Gasteiger partial charge in [0.25, 0.3) is 0 Å². The van der Waals surface area contributed by atoms with Crippen molar-refractivity contribution in [2.45, 2.75) is 37.8 Å². The number of nitrogens with two attached hydrogens (primary N) is 1. The summed E-state index contributed by atoms with van der Waals surface area (Å²) in [5.74, 6) is 0.513. The molecule has 0 aliphatic carbocycles. The molecule has 1 aromatic carbocycles. The second kappa shape index (κ2) is 6.90. The first-order valence-electron chi connectivity index (χ1n) is 6.94. The summed E-state index contributed by atoms with van der Waals surface area (Å²) in [5, 5.41) is 0. The average molecular weight is 283 g/mol. The molecule has 1 aliphatic heterocycles. The Hall–Kier alpha value is -1.33. The molecule has 1 saturated heterocycles. The van der Waals surface area contributed by atoms with Crippen LogP contribution < -0.4 is 15.2 Å². The Labute approximate surface area is 119 Å². The van der Waals surface area contributed by atoms with Gasteiger partial charge in [0.15, 0.2) is 11.5 Å². The normalized spacial score (nSPS) is 19.9. The zero-order valence-electron chi connectivity index (χ0n) is 12.0. The lowest BCUT2D eigenvalue weighted by molar-refractivity contribution is 0.101. The Kier molecular flexibility index (Phi) is 5.20. The molecule has 0 bridgehead atoms. The molecule has 0 spiro atoms. The van der Waals surface area contributed by atoms with Crippen molar-refractivity contribution in [2.24, 2.45) is 5.73 Å². The summed E-state index contributed by atoms with van der Waals surface area (Å²) in [6.45, 7) is 0.824. The molecule has 1 heterocycles. The number of methoxy groups -OCH3 is 2. The van der Waals surface area contributed by atoms with Crippen LogP contribution in [0, 0.1) is 5.82 Å². The molecular formula is C15H22FNO3. The third kappa shape index (κ3) is 3.41. The van der Waals surface area contributed by atoms with Gasteiger partial charge < -0.3 is 19.9 Å². The highest BCUT2D eigenvalue weighted by Crippen LogP contribution is 2.33. The van der Waals surface area contributed by atoms with Crippen LogP contribution in [0.4, 0.5) is 4.39 Å². The van der Waals surface area contributed by atoms with E-state index in [-0.39, 0.29) is 18.0 Å². The summed E-state index contributed by atoms with van der Waals surface area (Å²) in [6.07, 6.45) is 3.99. The fraction of sp³-hybridized carbons (Fsp3) is 0.600. The van der Waals surface area contributed by atoms with Crippen molar-refractivity contribution < 1.29 is 18.6 Å². The SMILES string of the molecule is COc1cc(F)c(C(N)CCC2CCCO2)cc1OC. The van der Waals surface area contributed by atoms with Crippen LogP contribution in [0.15, 0.2) is 12.1 Å². The van der Waals surface area contributed by atoms with Gasteiger partial charge in [-0.1, -0.05) is 0 Å². The second-order valence-corrected chi connectivity index (χ2v) is 5.05. The highest BCUT2D eigenvalue weighted by atomic mass is 19.1. The van der Waals surface area contributed by atoms with Gasteiger partial charge in [-0.3, -0.25) is 0 Å². The zero-order valence-corrected chi connectivity index (χ0v) is 12.0. The van der Waals surface area contributed by atoms with Crippen molar-refractivity contribution in [3.05, 3.63) is 23.5 Å². The Morgan fingerprint density at radius 2 is 2.05 bits per heavy atom. The maximum Gasteiger partial charge on any atom is 0.163 e. The largest absolute Gasteiger partial charge is 0.493 e. The van der Waals surface area contributed by atoms with Crippen LogP contribution >= 0.6 is 0 Å². The molecular weight excluding hydrogens is 261 g/mol. The number of ether oxygens (including phenoxy) is 3. The molecule has 2 unspecified atom stereocenters. The third-order valence-electron chi connectivity index (χ3n) is 3.73. The van der Waals surface area contributed by atoms with Crippen LogP contribution in [-0.4, -0.2) is 26.9 Å². The van der Waals surface area contributed by atoms with Crippen LogP contribution in [0.2, 0.25) is 0 Å². The molecule has 1 aromatic rings. The maximum atomic E-state index is 14.1. The van der Waals surface area contributed by atoms with E-state index in [1.165, 1.54) is 20.3 Å². The Balaban J connectivity index is 2.06. The van der Waals surface area contributed by atoms with E-state index in [9.17, 15) is 4.39 Å². The summed E-state index contributed by atoms with van der Waals surface area (Å²) < 4.78 is 29.9. The molecule has 2 rings (SSSR count). The quantitative estimate of drug-likeness (QED) is 0.872. The monoisotopic (exact) mass is 283 g/mol. The number of hydrogen-bond acceptors (Lipinski definition) is 4. The molecule has 4 nitrogen and oxygen atoms in total. The van der Waals surface area contributed by atoms with Crippen LogP contribution in [-0.2, 0) is 4.74 Å². The van der Waals surface area contributed by atoms with Crippen molar-refractivity contribution in [2.75, 3.05) is 20.8 Å². The lowest BCUT2D eigenvalue weighted by atomic mass is 9.99. The van der Waals surface area contributed by atoms with E-state index < -0.39 is 0 Å². The lowest BCUT2D eigenvalue weighted by Crippen LogP contribution is -2.16.